The molecule has 0 saturated carbocycles. The van der Waals surface area contributed by atoms with Gasteiger partial charge in [0.15, 0.2) is 0 Å². The van der Waals surface area contributed by atoms with E-state index >= 15 is 0 Å². The van der Waals surface area contributed by atoms with E-state index in [9.17, 15) is 14.4 Å². The highest BCUT2D eigenvalue weighted by atomic mass is 35.5. The minimum Gasteiger partial charge on any atom is -0.351 e. The van der Waals surface area contributed by atoms with Gasteiger partial charge in [-0.15, -0.1) is 24.8 Å². The van der Waals surface area contributed by atoms with Gasteiger partial charge in [0.2, 0.25) is 0 Å². The lowest BCUT2D eigenvalue weighted by Gasteiger charge is -2.06. The Labute approximate surface area is 137 Å². The van der Waals surface area contributed by atoms with E-state index in [1.54, 1.807) is 6.92 Å². The summed E-state index contributed by atoms with van der Waals surface area (Å²) in [7, 11) is 0. The van der Waals surface area contributed by atoms with Crippen molar-refractivity contribution in [3.63, 3.8) is 0 Å². The van der Waals surface area contributed by atoms with Gasteiger partial charge in [-0.1, -0.05) is 0 Å². The van der Waals surface area contributed by atoms with Gasteiger partial charge < -0.3 is 11.1 Å². The number of hydrogen-bond donors (Lipinski definition) is 4. The number of carbonyl (C=O) groups excluding carboxylic acids is 1. The molecule has 2 aromatic heterocycles. The first-order chi connectivity index (χ1) is 9.52. The number of H-pyrrole nitrogens is 2. The number of nitrogens with two attached hydrogens (primary N) is 1. The first-order valence-corrected chi connectivity index (χ1v) is 6.15. The Balaban J connectivity index is 0.00000220. The standard InChI is InChI=1S/C12H15N5O3.2ClH/c1-6-5-7(10(18)14-4-2-3-13)15-9-8(6)11(19)17-12(20)16-9;;/h5H,2-4,13H2,1H3,(H,14,18)(H2,15,16,17,19,20);2*1H. The Morgan fingerprint density at radius 1 is 1.32 bits per heavy atom. The number of rotatable bonds is 4. The summed E-state index contributed by atoms with van der Waals surface area (Å²) in [5.41, 5.74) is 4.97. The summed E-state index contributed by atoms with van der Waals surface area (Å²) in [6.45, 7) is 2.60. The molecule has 0 saturated heterocycles. The predicted molar refractivity (Wildman–Crippen MR) is 88.2 cm³/mol. The number of aryl methyl sites for hydroxylation is 1. The molecule has 0 aliphatic heterocycles. The van der Waals surface area contributed by atoms with Crippen molar-refractivity contribution in [3.8, 4) is 0 Å². The maximum absolute atomic E-state index is 11.9. The number of amides is 1. The Morgan fingerprint density at radius 2 is 2.00 bits per heavy atom. The van der Waals surface area contributed by atoms with Crippen molar-refractivity contribution in [1.29, 1.82) is 0 Å². The second kappa shape index (κ2) is 8.52. The second-order valence-electron chi connectivity index (χ2n) is 4.35. The monoisotopic (exact) mass is 349 g/mol. The Hall–Kier alpha value is -1.90. The van der Waals surface area contributed by atoms with Crippen LogP contribution in [0.2, 0.25) is 0 Å². The maximum Gasteiger partial charge on any atom is 0.327 e. The molecule has 122 valence electrons. The van der Waals surface area contributed by atoms with Crippen molar-refractivity contribution in [3.05, 3.63) is 38.2 Å². The van der Waals surface area contributed by atoms with E-state index in [1.807, 2.05) is 0 Å². The molecule has 10 heteroatoms. The highest BCUT2D eigenvalue weighted by Crippen LogP contribution is 2.10. The number of aromatic nitrogens is 3. The van der Waals surface area contributed by atoms with E-state index in [1.165, 1.54) is 6.07 Å². The van der Waals surface area contributed by atoms with E-state index < -0.39 is 11.2 Å². The zero-order valence-electron chi connectivity index (χ0n) is 11.8. The topological polar surface area (TPSA) is 134 Å². The van der Waals surface area contributed by atoms with Crippen LogP contribution in [0.5, 0.6) is 0 Å². The molecule has 2 aromatic rings. The number of fused-ring (bicyclic) bond motifs is 1. The van der Waals surface area contributed by atoms with Gasteiger partial charge in [0.05, 0.1) is 5.39 Å². The average molecular weight is 350 g/mol. The molecule has 2 heterocycles. The fraction of sp³-hybridized carbons (Fsp3) is 0.333. The van der Waals surface area contributed by atoms with Crippen LogP contribution >= 0.6 is 24.8 Å². The van der Waals surface area contributed by atoms with Crippen molar-refractivity contribution in [2.45, 2.75) is 13.3 Å². The van der Waals surface area contributed by atoms with Gasteiger partial charge in [-0.2, -0.15) is 0 Å². The van der Waals surface area contributed by atoms with Gasteiger partial charge in [0.1, 0.15) is 11.3 Å². The van der Waals surface area contributed by atoms with E-state index in [0.717, 1.165) is 0 Å². The third-order valence-electron chi connectivity index (χ3n) is 2.80. The van der Waals surface area contributed by atoms with Crippen LogP contribution in [0.3, 0.4) is 0 Å². The summed E-state index contributed by atoms with van der Waals surface area (Å²) in [4.78, 5) is 43.4. The van der Waals surface area contributed by atoms with Gasteiger partial charge in [-0.3, -0.25) is 19.6 Å². The van der Waals surface area contributed by atoms with Crippen LogP contribution in [0.1, 0.15) is 22.5 Å². The van der Waals surface area contributed by atoms with Crippen molar-refractivity contribution in [2.75, 3.05) is 13.1 Å². The number of pyridine rings is 1. The second-order valence-corrected chi connectivity index (χ2v) is 4.35. The molecule has 0 atom stereocenters. The van der Waals surface area contributed by atoms with Gasteiger partial charge >= 0.3 is 5.69 Å². The van der Waals surface area contributed by atoms with Crippen LogP contribution in [0.4, 0.5) is 0 Å². The number of nitrogens with zero attached hydrogens (tertiary/aromatic N) is 1. The summed E-state index contributed by atoms with van der Waals surface area (Å²) in [5, 5.41) is 2.93. The number of aromatic amines is 2. The third-order valence-corrected chi connectivity index (χ3v) is 2.80. The maximum atomic E-state index is 11.9. The molecule has 1 amide bonds. The smallest absolute Gasteiger partial charge is 0.327 e. The SMILES string of the molecule is Cc1cc(C(=O)NCCCN)nc2[nH]c(=O)[nH]c(=O)c12.Cl.Cl. The number of carbonyl (C=O) groups is 1. The molecule has 5 N–H and O–H groups in total. The fourth-order valence-electron chi connectivity index (χ4n) is 1.86. The molecular weight excluding hydrogens is 333 g/mol. The van der Waals surface area contributed by atoms with E-state index in [0.29, 0.717) is 25.1 Å². The number of hydrogen-bond acceptors (Lipinski definition) is 5. The Bertz CT molecular complexity index is 771. The molecule has 8 nitrogen and oxygen atoms in total. The highest BCUT2D eigenvalue weighted by Gasteiger charge is 2.12. The molecule has 0 radical (unpaired) electrons. The quantitative estimate of drug-likeness (QED) is 0.569. The van der Waals surface area contributed by atoms with Crippen molar-refractivity contribution >= 4 is 41.8 Å². The van der Waals surface area contributed by atoms with Gasteiger partial charge in [0.25, 0.3) is 11.5 Å². The third kappa shape index (κ3) is 4.30. The van der Waals surface area contributed by atoms with Crippen LogP contribution in [0.25, 0.3) is 11.0 Å². The molecule has 0 fully saturated rings. The zero-order chi connectivity index (χ0) is 14.7. The lowest BCUT2D eigenvalue weighted by atomic mass is 10.1. The fourth-order valence-corrected chi connectivity index (χ4v) is 1.86. The molecule has 0 aromatic carbocycles. The molecule has 0 unspecified atom stereocenters. The van der Waals surface area contributed by atoms with Crippen LogP contribution in [-0.2, 0) is 0 Å². The van der Waals surface area contributed by atoms with Gasteiger partial charge in [0, 0.05) is 6.54 Å². The molecule has 0 aliphatic carbocycles. The van der Waals surface area contributed by atoms with Crippen LogP contribution in [-0.4, -0.2) is 33.9 Å². The lowest BCUT2D eigenvalue weighted by Crippen LogP contribution is -2.28. The number of nitrogens with one attached hydrogen (secondary N) is 3. The molecule has 0 spiro atoms. The average Bonchev–Trinajstić information content (AvgIpc) is 2.37. The zero-order valence-corrected chi connectivity index (χ0v) is 13.4. The Kier molecular flexibility index (Phi) is 7.78. The van der Waals surface area contributed by atoms with Gasteiger partial charge in [-0.05, 0) is 31.5 Å². The summed E-state index contributed by atoms with van der Waals surface area (Å²) in [6, 6.07) is 1.51. The summed E-state index contributed by atoms with van der Waals surface area (Å²) in [5.74, 6) is -0.371. The minimum absolute atomic E-state index is 0. The van der Waals surface area contributed by atoms with E-state index in [-0.39, 0.29) is 47.4 Å². The highest BCUT2D eigenvalue weighted by molar-refractivity contribution is 5.95. The number of halogens is 2. The molecular formula is C12H17Cl2N5O3. The molecule has 0 bridgehead atoms. The molecule has 0 aliphatic rings. The van der Waals surface area contributed by atoms with Gasteiger partial charge in [-0.25, -0.2) is 9.78 Å². The largest absolute Gasteiger partial charge is 0.351 e. The van der Waals surface area contributed by atoms with Crippen molar-refractivity contribution in [2.24, 2.45) is 5.73 Å². The first kappa shape index (κ1) is 20.1. The summed E-state index contributed by atoms with van der Waals surface area (Å²) in [6.07, 6.45) is 0.662. The molecule has 22 heavy (non-hydrogen) atoms. The van der Waals surface area contributed by atoms with Crippen LogP contribution in [0, 0.1) is 6.92 Å². The van der Waals surface area contributed by atoms with Crippen molar-refractivity contribution in [1.82, 2.24) is 20.3 Å². The lowest BCUT2D eigenvalue weighted by molar-refractivity contribution is 0.0948. The summed E-state index contributed by atoms with van der Waals surface area (Å²) >= 11 is 0. The van der Waals surface area contributed by atoms with Crippen LogP contribution in [0.15, 0.2) is 15.7 Å². The predicted octanol–water partition coefficient (Wildman–Crippen LogP) is -0.158. The minimum atomic E-state index is -0.657. The van der Waals surface area contributed by atoms with Crippen LogP contribution < -0.4 is 22.3 Å². The van der Waals surface area contributed by atoms with E-state index in [4.69, 9.17) is 5.73 Å². The normalized spacial score (nSPS) is 9.73. The Morgan fingerprint density at radius 3 is 2.64 bits per heavy atom. The summed E-state index contributed by atoms with van der Waals surface area (Å²) < 4.78 is 0. The van der Waals surface area contributed by atoms with Crippen molar-refractivity contribution < 1.29 is 4.79 Å². The first-order valence-electron chi connectivity index (χ1n) is 6.15. The molecule has 2 rings (SSSR count). The van der Waals surface area contributed by atoms with E-state index in [2.05, 4.69) is 20.3 Å².